The number of aromatic nitrogens is 2. The first-order valence-corrected chi connectivity index (χ1v) is 7.65. The monoisotopic (exact) mass is 311 g/mol. The normalized spacial score (nSPS) is 11.4. The molecule has 0 spiro atoms. The molecule has 0 fully saturated rings. The Labute approximate surface area is 123 Å². The lowest BCUT2D eigenvalue weighted by molar-refractivity contribution is 0.354. The van der Waals surface area contributed by atoms with Crippen molar-refractivity contribution in [2.45, 2.75) is 11.4 Å². The summed E-state index contributed by atoms with van der Waals surface area (Å²) in [6.07, 6.45) is 1.61. The van der Waals surface area contributed by atoms with Crippen molar-refractivity contribution in [2.75, 3.05) is 14.2 Å². The maximum absolute atomic E-state index is 12.3. The summed E-state index contributed by atoms with van der Waals surface area (Å²) < 4.78 is 38.9. The van der Waals surface area contributed by atoms with E-state index in [0.29, 0.717) is 11.5 Å². The molecule has 1 aromatic heterocycles. The van der Waals surface area contributed by atoms with Gasteiger partial charge in [0.25, 0.3) is 0 Å². The Balaban J connectivity index is 2.21. The van der Waals surface area contributed by atoms with Gasteiger partial charge in [0.05, 0.1) is 31.4 Å². The molecule has 7 nitrogen and oxygen atoms in total. The van der Waals surface area contributed by atoms with Crippen molar-refractivity contribution in [1.82, 2.24) is 14.5 Å². The van der Waals surface area contributed by atoms with E-state index in [1.165, 1.54) is 26.4 Å². The molecule has 0 unspecified atom stereocenters. The van der Waals surface area contributed by atoms with Gasteiger partial charge in [-0.1, -0.05) is 0 Å². The van der Waals surface area contributed by atoms with Gasteiger partial charge in [0.1, 0.15) is 0 Å². The lowest BCUT2D eigenvalue weighted by atomic mass is 10.3. The van der Waals surface area contributed by atoms with Crippen LogP contribution in [0.5, 0.6) is 11.5 Å². The Morgan fingerprint density at radius 1 is 1.19 bits per heavy atom. The predicted molar refractivity (Wildman–Crippen MR) is 76.8 cm³/mol. The Kier molecular flexibility index (Phi) is 4.49. The van der Waals surface area contributed by atoms with E-state index in [1.807, 2.05) is 0 Å². The summed E-state index contributed by atoms with van der Waals surface area (Å²) >= 11 is 0. The third kappa shape index (κ3) is 3.34. The second-order valence-electron chi connectivity index (χ2n) is 4.29. The average molecular weight is 311 g/mol. The first kappa shape index (κ1) is 15.3. The molecular formula is C13H17N3O4S. The molecule has 21 heavy (non-hydrogen) atoms. The van der Waals surface area contributed by atoms with Gasteiger partial charge in [-0.05, 0) is 18.2 Å². The fourth-order valence-corrected chi connectivity index (χ4v) is 2.82. The van der Waals surface area contributed by atoms with Crippen LogP contribution >= 0.6 is 0 Å². The minimum absolute atomic E-state index is 0.113. The number of hydrogen-bond acceptors (Lipinski definition) is 5. The summed E-state index contributed by atoms with van der Waals surface area (Å²) in [6.45, 7) is 0.160. The largest absolute Gasteiger partial charge is 0.493 e. The quantitative estimate of drug-likeness (QED) is 0.857. The molecule has 0 aliphatic carbocycles. The number of rotatable bonds is 6. The Morgan fingerprint density at radius 2 is 1.90 bits per heavy atom. The fraction of sp³-hybridized carbons (Fsp3) is 0.308. The van der Waals surface area contributed by atoms with Gasteiger partial charge in [-0.3, -0.25) is 4.68 Å². The molecule has 0 amide bonds. The highest BCUT2D eigenvalue weighted by Gasteiger charge is 2.17. The highest BCUT2D eigenvalue weighted by molar-refractivity contribution is 7.89. The predicted octanol–water partition coefficient (Wildman–Crippen LogP) is 0.916. The fourth-order valence-electron chi connectivity index (χ4n) is 1.81. The molecule has 1 aromatic carbocycles. The van der Waals surface area contributed by atoms with Crippen molar-refractivity contribution < 1.29 is 17.9 Å². The third-order valence-corrected chi connectivity index (χ3v) is 4.43. The molecule has 0 aliphatic rings. The second-order valence-corrected chi connectivity index (χ2v) is 6.05. The van der Waals surface area contributed by atoms with Gasteiger partial charge in [-0.2, -0.15) is 5.10 Å². The molecular weight excluding hydrogens is 294 g/mol. The number of aryl methyl sites for hydroxylation is 1. The van der Waals surface area contributed by atoms with Crippen molar-refractivity contribution in [3.63, 3.8) is 0 Å². The third-order valence-electron chi connectivity index (χ3n) is 3.03. The van der Waals surface area contributed by atoms with Gasteiger partial charge in [-0.15, -0.1) is 0 Å². The van der Waals surface area contributed by atoms with Crippen LogP contribution in [0.1, 0.15) is 5.69 Å². The zero-order valence-electron chi connectivity index (χ0n) is 12.0. The molecule has 2 aromatic rings. The maximum atomic E-state index is 12.3. The van der Waals surface area contributed by atoms with Crippen molar-refractivity contribution in [2.24, 2.45) is 7.05 Å². The van der Waals surface area contributed by atoms with E-state index in [2.05, 4.69) is 9.82 Å². The van der Waals surface area contributed by atoms with E-state index < -0.39 is 10.0 Å². The van der Waals surface area contributed by atoms with E-state index >= 15 is 0 Å². The SMILES string of the molecule is COc1ccc(S(=O)(=O)NCc2ccnn2C)cc1OC. The first-order chi connectivity index (χ1) is 9.97. The molecule has 0 saturated heterocycles. The zero-order chi connectivity index (χ0) is 15.5. The van der Waals surface area contributed by atoms with E-state index in [-0.39, 0.29) is 11.4 Å². The standard InChI is InChI=1S/C13H17N3O4S/c1-16-10(6-7-14-16)9-15-21(17,18)11-4-5-12(19-2)13(8-11)20-3/h4-8,15H,9H2,1-3H3. The van der Waals surface area contributed by atoms with Crippen LogP contribution in [0.3, 0.4) is 0 Å². The molecule has 0 bridgehead atoms. The zero-order valence-corrected chi connectivity index (χ0v) is 12.8. The van der Waals surface area contributed by atoms with Crippen molar-refractivity contribution >= 4 is 10.0 Å². The molecule has 0 radical (unpaired) electrons. The Bertz CT molecular complexity index is 725. The summed E-state index contributed by atoms with van der Waals surface area (Å²) in [7, 11) is 1.06. The molecule has 8 heteroatoms. The van der Waals surface area contributed by atoms with Crippen molar-refractivity contribution in [1.29, 1.82) is 0 Å². The van der Waals surface area contributed by atoms with Crippen molar-refractivity contribution in [3.8, 4) is 11.5 Å². The minimum Gasteiger partial charge on any atom is -0.493 e. The highest BCUT2D eigenvalue weighted by atomic mass is 32.2. The molecule has 0 aliphatic heterocycles. The second kappa shape index (κ2) is 6.15. The highest BCUT2D eigenvalue weighted by Crippen LogP contribution is 2.29. The minimum atomic E-state index is -3.64. The molecule has 0 atom stereocenters. The van der Waals surface area contributed by atoms with E-state index in [9.17, 15) is 8.42 Å². The van der Waals surface area contributed by atoms with Gasteiger partial charge in [-0.25, -0.2) is 13.1 Å². The number of benzene rings is 1. The number of nitrogens with zero attached hydrogens (tertiary/aromatic N) is 2. The summed E-state index contributed by atoms with van der Waals surface area (Å²) in [5.74, 6) is 0.837. The van der Waals surface area contributed by atoms with E-state index in [1.54, 1.807) is 30.1 Å². The number of methoxy groups -OCH3 is 2. The summed E-state index contributed by atoms with van der Waals surface area (Å²) in [5, 5.41) is 3.99. The Hall–Kier alpha value is -2.06. The summed E-state index contributed by atoms with van der Waals surface area (Å²) in [5.41, 5.74) is 0.763. The topological polar surface area (TPSA) is 82.5 Å². The summed E-state index contributed by atoms with van der Waals surface area (Å²) in [6, 6.07) is 6.19. The van der Waals surface area contributed by atoms with Gasteiger partial charge >= 0.3 is 0 Å². The van der Waals surface area contributed by atoms with E-state index in [4.69, 9.17) is 9.47 Å². The van der Waals surface area contributed by atoms with Crippen LogP contribution < -0.4 is 14.2 Å². The van der Waals surface area contributed by atoms with Gasteiger partial charge in [0.2, 0.25) is 10.0 Å². The smallest absolute Gasteiger partial charge is 0.241 e. The van der Waals surface area contributed by atoms with Crippen LogP contribution in [0.25, 0.3) is 0 Å². The molecule has 2 rings (SSSR count). The van der Waals surface area contributed by atoms with Gasteiger partial charge < -0.3 is 9.47 Å². The van der Waals surface area contributed by atoms with Crippen LogP contribution in [0, 0.1) is 0 Å². The molecule has 1 heterocycles. The van der Waals surface area contributed by atoms with Crippen LogP contribution in [-0.4, -0.2) is 32.4 Å². The number of ether oxygens (including phenoxy) is 2. The number of hydrogen-bond donors (Lipinski definition) is 1. The number of sulfonamides is 1. The molecule has 0 saturated carbocycles. The van der Waals surface area contributed by atoms with Gasteiger partial charge in [0.15, 0.2) is 11.5 Å². The average Bonchev–Trinajstić information content (AvgIpc) is 2.89. The van der Waals surface area contributed by atoms with Crippen LogP contribution in [0.2, 0.25) is 0 Å². The lowest BCUT2D eigenvalue weighted by Gasteiger charge is -2.11. The van der Waals surface area contributed by atoms with Crippen LogP contribution in [-0.2, 0) is 23.6 Å². The maximum Gasteiger partial charge on any atom is 0.241 e. The lowest BCUT2D eigenvalue weighted by Crippen LogP contribution is -2.24. The van der Waals surface area contributed by atoms with E-state index in [0.717, 1.165) is 5.69 Å². The van der Waals surface area contributed by atoms with Crippen LogP contribution in [0.4, 0.5) is 0 Å². The van der Waals surface area contributed by atoms with Gasteiger partial charge in [0, 0.05) is 19.3 Å². The number of nitrogens with one attached hydrogen (secondary N) is 1. The Morgan fingerprint density at radius 3 is 2.48 bits per heavy atom. The summed E-state index contributed by atoms with van der Waals surface area (Å²) in [4.78, 5) is 0.113. The van der Waals surface area contributed by atoms with Crippen LogP contribution in [0.15, 0.2) is 35.4 Å². The van der Waals surface area contributed by atoms with Crippen molar-refractivity contribution in [3.05, 3.63) is 36.2 Å². The molecule has 1 N–H and O–H groups in total. The molecule has 114 valence electrons. The first-order valence-electron chi connectivity index (χ1n) is 6.16.